The molecule has 1 aliphatic rings. The first kappa shape index (κ1) is 25.3. The smallest absolute Gasteiger partial charge is 0.307 e. The van der Waals surface area contributed by atoms with Gasteiger partial charge in [-0.2, -0.15) is 0 Å². The highest BCUT2D eigenvalue weighted by Crippen LogP contribution is 2.36. The van der Waals surface area contributed by atoms with Crippen molar-refractivity contribution < 1.29 is 19.2 Å². The van der Waals surface area contributed by atoms with E-state index >= 15 is 0 Å². The zero-order chi connectivity index (χ0) is 24.9. The van der Waals surface area contributed by atoms with Gasteiger partial charge in [0.15, 0.2) is 11.9 Å². The second-order valence-electron chi connectivity index (χ2n) is 7.22. The summed E-state index contributed by atoms with van der Waals surface area (Å²) in [6, 6.07) is 12.6. The van der Waals surface area contributed by atoms with Gasteiger partial charge in [-0.3, -0.25) is 15.0 Å². The molecule has 13 heteroatoms. The number of ether oxygens (including phenoxy) is 1. The summed E-state index contributed by atoms with van der Waals surface area (Å²) in [4.78, 5) is 29.3. The Hall–Kier alpha value is -2.79. The number of hydrogen-bond acceptors (Lipinski definition) is 8. The van der Waals surface area contributed by atoms with E-state index in [0.29, 0.717) is 33.1 Å². The molecule has 0 spiro atoms. The average Bonchev–Trinajstić information content (AvgIpc) is 3.49. The third-order valence-electron chi connectivity index (χ3n) is 5.00. The number of nitrogens with one attached hydrogen (secondary N) is 1. The molecule has 2 aromatic carbocycles. The molecule has 0 bridgehead atoms. The molecule has 0 aliphatic carbocycles. The predicted molar refractivity (Wildman–Crippen MR) is 134 cm³/mol. The number of amides is 1. The van der Waals surface area contributed by atoms with Crippen LogP contribution in [-0.2, 0) is 21.0 Å². The van der Waals surface area contributed by atoms with E-state index in [9.17, 15) is 9.59 Å². The van der Waals surface area contributed by atoms with E-state index in [0.717, 1.165) is 11.1 Å². The largest absolute Gasteiger partial charge is 0.485 e. The van der Waals surface area contributed by atoms with Crippen LogP contribution in [0.1, 0.15) is 29.5 Å². The second-order valence-corrected chi connectivity index (χ2v) is 9.11. The van der Waals surface area contributed by atoms with Crippen molar-refractivity contribution in [1.82, 2.24) is 14.9 Å². The standard InChI is InChI=1S/C22H18Cl3N5O4S/c1-35-22-27-26-20(30(22)28-21(32)17(31)10-23)11-33-18-5-3-2-4-14(18)16-9-19(34-29-16)13-7-6-12(24)8-15(13)25/h2-8,19H,9-11H2,1H3,(H,28,32). The number of hydrogen-bond donors (Lipinski definition) is 1. The van der Waals surface area contributed by atoms with Crippen molar-refractivity contribution >= 4 is 64.0 Å². The number of Topliss-reactive ketones (excluding diaryl/α,β-unsaturated/α-hetero) is 1. The van der Waals surface area contributed by atoms with E-state index in [1.165, 1.54) is 16.4 Å². The molecule has 1 amide bonds. The Morgan fingerprint density at radius 1 is 1.23 bits per heavy atom. The Kier molecular flexibility index (Phi) is 8.17. The van der Waals surface area contributed by atoms with Gasteiger partial charge in [0, 0.05) is 27.6 Å². The molecule has 182 valence electrons. The third-order valence-corrected chi connectivity index (χ3v) is 6.44. The molecule has 1 aliphatic heterocycles. The number of carbonyl (C=O) groups is 2. The number of para-hydroxylation sites is 1. The van der Waals surface area contributed by atoms with Crippen LogP contribution in [0.25, 0.3) is 0 Å². The molecular weight excluding hydrogens is 537 g/mol. The molecule has 9 nitrogen and oxygen atoms in total. The Morgan fingerprint density at radius 2 is 2.03 bits per heavy atom. The van der Waals surface area contributed by atoms with Crippen LogP contribution in [0, 0.1) is 0 Å². The van der Waals surface area contributed by atoms with Gasteiger partial charge in [-0.25, -0.2) is 4.68 Å². The molecule has 0 radical (unpaired) electrons. The Bertz CT molecular complexity index is 1300. The van der Waals surface area contributed by atoms with E-state index in [4.69, 9.17) is 44.4 Å². The summed E-state index contributed by atoms with van der Waals surface area (Å²) in [5.74, 6) is -1.27. The van der Waals surface area contributed by atoms with Crippen molar-refractivity contribution in [3.8, 4) is 5.75 Å². The number of nitrogens with zero attached hydrogens (tertiary/aromatic N) is 4. The number of aromatic nitrogens is 3. The SMILES string of the molecule is CSc1nnc(COc2ccccc2C2=NOC(c3ccc(Cl)cc3Cl)C2)n1NC(=O)C(=O)CCl. The molecule has 0 fully saturated rings. The summed E-state index contributed by atoms with van der Waals surface area (Å²) >= 11 is 19.0. The van der Waals surface area contributed by atoms with Crippen LogP contribution >= 0.6 is 46.6 Å². The van der Waals surface area contributed by atoms with Crippen molar-refractivity contribution in [2.24, 2.45) is 5.16 Å². The van der Waals surface area contributed by atoms with Gasteiger partial charge in [0.2, 0.25) is 10.9 Å². The summed E-state index contributed by atoms with van der Waals surface area (Å²) < 4.78 is 7.31. The number of carbonyl (C=O) groups excluding carboxylic acids is 2. The fraction of sp³-hybridized carbons (Fsp3) is 0.227. The van der Waals surface area contributed by atoms with Crippen LogP contribution in [0.5, 0.6) is 5.75 Å². The zero-order valence-corrected chi connectivity index (χ0v) is 21.3. The van der Waals surface area contributed by atoms with Crippen LogP contribution < -0.4 is 10.2 Å². The quantitative estimate of drug-likeness (QED) is 0.233. The highest BCUT2D eigenvalue weighted by Gasteiger charge is 2.28. The van der Waals surface area contributed by atoms with Gasteiger partial charge in [-0.15, -0.1) is 21.8 Å². The number of alkyl halides is 1. The molecule has 1 unspecified atom stereocenters. The Balaban J connectivity index is 1.50. The fourth-order valence-electron chi connectivity index (χ4n) is 3.30. The van der Waals surface area contributed by atoms with Crippen molar-refractivity contribution in [3.63, 3.8) is 0 Å². The van der Waals surface area contributed by atoms with Gasteiger partial charge < -0.3 is 9.57 Å². The normalized spacial score (nSPS) is 14.9. The van der Waals surface area contributed by atoms with Crippen molar-refractivity contribution in [2.45, 2.75) is 24.3 Å². The lowest BCUT2D eigenvalue weighted by molar-refractivity contribution is -0.133. The predicted octanol–water partition coefficient (Wildman–Crippen LogP) is 4.63. The minimum atomic E-state index is -0.874. The Labute approximate surface area is 219 Å². The fourth-order valence-corrected chi connectivity index (χ4v) is 4.41. The van der Waals surface area contributed by atoms with Crippen LogP contribution in [0.2, 0.25) is 10.0 Å². The van der Waals surface area contributed by atoms with Gasteiger partial charge in [0.05, 0.1) is 11.6 Å². The van der Waals surface area contributed by atoms with Crippen LogP contribution in [-0.4, -0.2) is 44.4 Å². The van der Waals surface area contributed by atoms with Gasteiger partial charge >= 0.3 is 5.91 Å². The lowest BCUT2D eigenvalue weighted by Crippen LogP contribution is -2.32. The number of ketones is 1. The van der Waals surface area contributed by atoms with Crippen LogP contribution in [0.3, 0.4) is 0 Å². The maximum Gasteiger partial charge on any atom is 0.307 e. The topological polar surface area (TPSA) is 108 Å². The second kappa shape index (κ2) is 11.3. The number of rotatable bonds is 9. The zero-order valence-electron chi connectivity index (χ0n) is 18.2. The van der Waals surface area contributed by atoms with E-state index in [2.05, 4.69) is 20.8 Å². The Morgan fingerprint density at radius 3 is 2.77 bits per heavy atom. The highest BCUT2D eigenvalue weighted by atomic mass is 35.5. The third kappa shape index (κ3) is 5.72. The summed E-state index contributed by atoms with van der Waals surface area (Å²) in [5.41, 5.74) is 4.66. The monoisotopic (exact) mass is 553 g/mol. The lowest BCUT2D eigenvalue weighted by atomic mass is 9.99. The van der Waals surface area contributed by atoms with Crippen molar-refractivity contribution in [2.75, 3.05) is 17.6 Å². The van der Waals surface area contributed by atoms with Gasteiger partial charge in [0.1, 0.15) is 12.4 Å². The van der Waals surface area contributed by atoms with Gasteiger partial charge in [-0.1, -0.05) is 58.3 Å². The number of halogens is 3. The molecule has 2 heterocycles. The first-order chi connectivity index (χ1) is 16.9. The molecule has 1 N–H and O–H groups in total. The average molecular weight is 555 g/mol. The maximum absolute atomic E-state index is 12.0. The highest BCUT2D eigenvalue weighted by molar-refractivity contribution is 7.98. The molecule has 0 saturated carbocycles. The van der Waals surface area contributed by atoms with E-state index in [1.54, 1.807) is 24.5 Å². The van der Waals surface area contributed by atoms with E-state index < -0.39 is 17.6 Å². The number of oxime groups is 1. The van der Waals surface area contributed by atoms with Crippen molar-refractivity contribution in [1.29, 1.82) is 0 Å². The molecule has 0 saturated heterocycles. The summed E-state index contributed by atoms with van der Waals surface area (Å²) in [6.07, 6.45) is 1.88. The summed E-state index contributed by atoms with van der Waals surface area (Å²) in [5, 5.41) is 13.7. The molecule has 1 atom stereocenters. The summed E-state index contributed by atoms with van der Waals surface area (Å²) in [6.45, 7) is -0.0412. The molecule has 4 rings (SSSR count). The minimum Gasteiger partial charge on any atom is -0.485 e. The summed E-state index contributed by atoms with van der Waals surface area (Å²) in [7, 11) is 0. The molecule has 1 aromatic heterocycles. The van der Waals surface area contributed by atoms with Crippen LogP contribution in [0.15, 0.2) is 52.8 Å². The molecule has 35 heavy (non-hydrogen) atoms. The van der Waals surface area contributed by atoms with Gasteiger partial charge in [0.25, 0.3) is 0 Å². The van der Waals surface area contributed by atoms with Crippen molar-refractivity contribution in [3.05, 3.63) is 69.5 Å². The number of thioether (sulfide) groups is 1. The van der Waals surface area contributed by atoms with Gasteiger partial charge in [-0.05, 0) is 30.5 Å². The lowest BCUT2D eigenvalue weighted by Gasteiger charge is -2.13. The molecular formula is C22H18Cl3N5O4S. The number of benzene rings is 2. The molecule has 3 aromatic rings. The first-order valence-electron chi connectivity index (χ1n) is 10.2. The first-order valence-corrected chi connectivity index (χ1v) is 12.7. The van der Waals surface area contributed by atoms with E-state index in [-0.39, 0.29) is 18.5 Å². The minimum absolute atomic E-state index is 0.0412. The maximum atomic E-state index is 12.0. The van der Waals surface area contributed by atoms with Crippen LogP contribution in [0.4, 0.5) is 0 Å². The van der Waals surface area contributed by atoms with E-state index in [1.807, 2.05) is 24.3 Å².